The average Bonchev–Trinajstić information content (AvgIpc) is 2.26. The van der Waals surface area contributed by atoms with Crippen molar-refractivity contribution in [3.05, 3.63) is 11.8 Å². The molecule has 0 saturated carbocycles. The first kappa shape index (κ1) is 15.6. The standard InChI is InChI=1S/C11H20N4O3S/c1-4-18-10-8-9(2)14-11(15-10)12-6-5-7-13-19(3,16)17/h8,13H,4-7H2,1-3H3,(H,12,14,15). The lowest BCUT2D eigenvalue weighted by atomic mass is 10.4. The molecule has 0 aliphatic heterocycles. The maximum atomic E-state index is 10.9. The van der Waals surface area contributed by atoms with Gasteiger partial charge in [-0.25, -0.2) is 18.1 Å². The van der Waals surface area contributed by atoms with E-state index in [4.69, 9.17) is 4.74 Å². The Morgan fingerprint density at radius 3 is 2.68 bits per heavy atom. The highest BCUT2D eigenvalue weighted by Crippen LogP contribution is 2.11. The largest absolute Gasteiger partial charge is 0.478 e. The molecule has 0 aromatic carbocycles. The molecule has 108 valence electrons. The van der Waals surface area contributed by atoms with Gasteiger partial charge in [0, 0.05) is 24.8 Å². The van der Waals surface area contributed by atoms with Gasteiger partial charge in [0.25, 0.3) is 0 Å². The number of ether oxygens (including phenoxy) is 1. The minimum atomic E-state index is -3.12. The van der Waals surface area contributed by atoms with E-state index < -0.39 is 10.0 Å². The first-order chi connectivity index (χ1) is 8.90. The third-order valence-electron chi connectivity index (χ3n) is 2.12. The number of nitrogens with zero attached hydrogens (tertiary/aromatic N) is 2. The number of aromatic nitrogens is 2. The van der Waals surface area contributed by atoms with Crippen molar-refractivity contribution in [3.8, 4) is 5.88 Å². The lowest BCUT2D eigenvalue weighted by molar-refractivity contribution is 0.326. The molecule has 1 heterocycles. The van der Waals surface area contributed by atoms with E-state index in [2.05, 4.69) is 20.0 Å². The van der Waals surface area contributed by atoms with E-state index in [1.165, 1.54) is 0 Å². The molecule has 1 aromatic heterocycles. The fraction of sp³-hybridized carbons (Fsp3) is 0.636. The number of sulfonamides is 1. The zero-order chi connectivity index (χ0) is 14.3. The Balaban J connectivity index is 2.40. The molecule has 19 heavy (non-hydrogen) atoms. The van der Waals surface area contributed by atoms with Crippen LogP contribution in [0.25, 0.3) is 0 Å². The highest BCUT2D eigenvalue weighted by Gasteiger charge is 2.03. The fourth-order valence-corrected chi connectivity index (χ4v) is 1.90. The number of hydrogen-bond acceptors (Lipinski definition) is 6. The van der Waals surface area contributed by atoms with Crippen LogP contribution in [-0.4, -0.2) is 44.3 Å². The number of nitrogens with one attached hydrogen (secondary N) is 2. The first-order valence-corrected chi connectivity index (χ1v) is 7.97. The Labute approximate surface area is 113 Å². The molecule has 0 aliphatic rings. The quantitative estimate of drug-likeness (QED) is 0.678. The molecule has 0 aliphatic carbocycles. The molecule has 8 heteroatoms. The summed E-state index contributed by atoms with van der Waals surface area (Å²) in [6.07, 6.45) is 1.78. The molecule has 0 spiro atoms. The van der Waals surface area contributed by atoms with Crippen molar-refractivity contribution in [2.75, 3.05) is 31.3 Å². The molecule has 1 rings (SSSR count). The Morgan fingerprint density at radius 2 is 2.05 bits per heavy atom. The highest BCUT2D eigenvalue weighted by molar-refractivity contribution is 7.88. The van der Waals surface area contributed by atoms with Crippen molar-refractivity contribution in [2.45, 2.75) is 20.3 Å². The summed E-state index contributed by atoms with van der Waals surface area (Å²) in [5.74, 6) is 1.02. The molecule has 0 atom stereocenters. The van der Waals surface area contributed by atoms with Crippen molar-refractivity contribution in [1.29, 1.82) is 0 Å². The number of aryl methyl sites for hydroxylation is 1. The number of rotatable bonds is 8. The fourth-order valence-electron chi connectivity index (χ4n) is 1.39. The molecule has 0 amide bonds. The van der Waals surface area contributed by atoms with Crippen LogP contribution < -0.4 is 14.8 Å². The molecule has 1 aromatic rings. The van der Waals surface area contributed by atoms with Gasteiger partial charge in [-0.3, -0.25) is 0 Å². The van der Waals surface area contributed by atoms with E-state index in [-0.39, 0.29) is 0 Å². The summed E-state index contributed by atoms with van der Waals surface area (Å²) in [6.45, 7) is 5.27. The average molecular weight is 288 g/mol. The predicted molar refractivity (Wildman–Crippen MR) is 73.9 cm³/mol. The van der Waals surface area contributed by atoms with E-state index in [1.807, 2.05) is 13.8 Å². The zero-order valence-electron chi connectivity index (χ0n) is 11.4. The predicted octanol–water partition coefficient (Wildman–Crippen LogP) is 0.535. The van der Waals surface area contributed by atoms with Gasteiger partial charge in [0.05, 0.1) is 12.9 Å². The maximum absolute atomic E-state index is 10.9. The minimum absolute atomic E-state index is 0.385. The van der Waals surface area contributed by atoms with Gasteiger partial charge in [0.1, 0.15) is 0 Å². The monoisotopic (exact) mass is 288 g/mol. The topological polar surface area (TPSA) is 93.2 Å². The van der Waals surface area contributed by atoms with Gasteiger partial charge in [0.2, 0.25) is 21.9 Å². The lowest BCUT2D eigenvalue weighted by Crippen LogP contribution is -2.24. The Morgan fingerprint density at radius 1 is 1.32 bits per heavy atom. The molecule has 0 fully saturated rings. The smallest absolute Gasteiger partial charge is 0.226 e. The summed E-state index contributed by atoms with van der Waals surface area (Å²) in [7, 11) is -3.12. The van der Waals surface area contributed by atoms with Crippen LogP contribution in [0.15, 0.2) is 6.07 Å². The Hall–Kier alpha value is -1.41. The summed E-state index contributed by atoms with van der Waals surface area (Å²) in [4.78, 5) is 8.41. The Bertz CT molecular complexity index is 505. The van der Waals surface area contributed by atoms with Crippen molar-refractivity contribution in [2.24, 2.45) is 0 Å². The van der Waals surface area contributed by atoms with E-state index in [0.29, 0.717) is 37.9 Å². The molecule has 0 radical (unpaired) electrons. The number of anilines is 1. The summed E-state index contributed by atoms with van der Waals surface area (Å²) in [6, 6.07) is 1.76. The highest BCUT2D eigenvalue weighted by atomic mass is 32.2. The Kier molecular flexibility index (Phi) is 5.97. The first-order valence-electron chi connectivity index (χ1n) is 6.07. The van der Waals surface area contributed by atoms with Crippen LogP contribution in [-0.2, 0) is 10.0 Å². The lowest BCUT2D eigenvalue weighted by Gasteiger charge is -2.08. The minimum Gasteiger partial charge on any atom is -0.478 e. The van der Waals surface area contributed by atoms with Crippen molar-refractivity contribution < 1.29 is 13.2 Å². The van der Waals surface area contributed by atoms with Crippen molar-refractivity contribution in [3.63, 3.8) is 0 Å². The molecular formula is C11H20N4O3S. The number of hydrogen-bond donors (Lipinski definition) is 2. The second-order valence-electron chi connectivity index (χ2n) is 4.05. The van der Waals surface area contributed by atoms with Crippen molar-refractivity contribution in [1.82, 2.24) is 14.7 Å². The summed E-state index contributed by atoms with van der Waals surface area (Å²) in [5.41, 5.74) is 0.815. The van der Waals surface area contributed by atoms with E-state index in [9.17, 15) is 8.42 Å². The van der Waals surface area contributed by atoms with Gasteiger partial charge in [0.15, 0.2) is 0 Å². The van der Waals surface area contributed by atoms with Crippen LogP contribution in [0.1, 0.15) is 19.0 Å². The second kappa shape index (κ2) is 7.25. The molecule has 0 saturated heterocycles. The van der Waals surface area contributed by atoms with Gasteiger partial charge >= 0.3 is 0 Å². The van der Waals surface area contributed by atoms with Crippen LogP contribution in [0.3, 0.4) is 0 Å². The molecule has 0 bridgehead atoms. The van der Waals surface area contributed by atoms with Crippen LogP contribution in [0, 0.1) is 6.92 Å². The summed E-state index contributed by atoms with van der Waals surface area (Å²) >= 11 is 0. The van der Waals surface area contributed by atoms with E-state index in [1.54, 1.807) is 6.07 Å². The van der Waals surface area contributed by atoms with Gasteiger partial charge in [-0.2, -0.15) is 4.98 Å². The second-order valence-corrected chi connectivity index (χ2v) is 5.88. The maximum Gasteiger partial charge on any atom is 0.226 e. The third-order valence-corrected chi connectivity index (χ3v) is 2.85. The van der Waals surface area contributed by atoms with Gasteiger partial charge in [-0.15, -0.1) is 0 Å². The van der Waals surface area contributed by atoms with Gasteiger partial charge in [-0.05, 0) is 20.3 Å². The van der Waals surface area contributed by atoms with Crippen LogP contribution in [0.5, 0.6) is 5.88 Å². The van der Waals surface area contributed by atoms with Crippen LogP contribution in [0.2, 0.25) is 0 Å². The molecular weight excluding hydrogens is 268 g/mol. The zero-order valence-corrected chi connectivity index (χ0v) is 12.2. The molecule has 2 N–H and O–H groups in total. The van der Waals surface area contributed by atoms with Crippen molar-refractivity contribution >= 4 is 16.0 Å². The van der Waals surface area contributed by atoms with Crippen LogP contribution >= 0.6 is 0 Å². The third kappa shape index (κ3) is 6.92. The van der Waals surface area contributed by atoms with E-state index in [0.717, 1.165) is 11.9 Å². The molecule has 0 unspecified atom stereocenters. The summed E-state index contributed by atoms with van der Waals surface area (Å²) in [5, 5.41) is 3.03. The van der Waals surface area contributed by atoms with Crippen LogP contribution in [0.4, 0.5) is 5.95 Å². The molecule has 7 nitrogen and oxygen atoms in total. The normalized spacial score (nSPS) is 11.3. The van der Waals surface area contributed by atoms with Gasteiger partial charge in [-0.1, -0.05) is 0 Å². The van der Waals surface area contributed by atoms with E-state index >= 15 is 0 Å². The SMILES string of the molecule is CCOc1cc(C)nc(NCCCNS(C)(=O)=O)n1. The van der Waals surface area contributed by atoms with Gasteiger partial charge < -0.3 is 10.1 Å². The summed E-state index contributed by atoms with van der Waals surface area (Å²) < 4.78 is 29.4.